The Hall–Kier alpha value is -1.82. The Kier molecular flexibility index (Phi) is 3.85. The van der Waals surface area contributed by atoms with E-state index < -0.39 is 0 Å². The molecule has 1 saturated heterocycles. The molecule has 4 heterocycles. The van der Waals surface area contributed by atoms with Crippen LogP contribution in [0.15, 0.2) is 24.5 Å². The Morgan fingerprint density at radius 1 is 1.23 bits per heavy atom. The van der Waals surface area contributed by atoms with Gasteiger partial charge in [-0.3, -0.25) is 4.79 Å². The van der Waals surface area contributed by atoms with E-state index in [0.717, 1.165) is 53.6 Å². The Morgan fingerprint density at radius 2 is 2.12 bits per heavy atom. The smallest absolute Gasteiger partial charge is 0.158 e. The molecule has 0 radical (unpaired) electrons. The largest absolute Gasteiger partial charge is 0.357 e. The maximum absolute atomic E-state index is 12.1. The van der Waals surface area contributed by atoms with Crippen LogP contribution in [0, 0.1) is 0 Å². The highest BCUT2D eigenvalue weighted by molar-refractivity contribution is 6.45. The van der Waals surface area contributed by atoms with Gasteiger partial charge in [0.25, 0.3) is 0 Å². The first-order chi connectivity index (χ1) is 12.6. The molecule has 5 nitrogen and oxygen atoms in total. The van der Waals surface area contributed by atoms with Crippen molar-refractivity contribution >= 4 is 39.9 Å². The quantitative estimate of drug-likeness (QED) is 0.641. The maximum Gasteiger partial charge on any atom is 0.158 e. The van der Waals surface area contributed by atoms with E-state index in [-0.39, 0.29) is 12.0 Å². The summed E-state index contributed by atoms with van der Waals surface area (Å²) < 4.78 is 9.71. The first-order valence-electron chi connectivity index (χ1n) is 8.80. The fraction of sp³-hybridized carbons (Fsp3) is 0.368. The summed E-state index contributed by atoms with van der Waals surface area (Å²) in [5, 5.41) is 6.52. The lowest BCUT2D eigenvalue weighted by atomic mass is 10.0. The highest BCUT2D eigenvalue weighted by atomic mass is 35.5. The van der Waals surface area contributed by atoms with Crippen molar-refractivity contribution in [3.63, 3.8) is 0 Å². The van der Waals surface area contributed by atoms with Gasteiger partial charge in [-0.25, -0.2) is 4.68 Å². The number of halogens is 2. The molecule has 2 aliphatic heterocycles. The van der Waals surface area contributed by atoms with Gasteiger partial charge in [-0.2, -0.15) is 5.10 Å². The summed E-state index contributed by atoms with van der Waals surface area (Å²) in [5.41, 5.74) is 3.81. The van der Waals surface area contributed by atoms with Crippen LogP contribution in [0.3, 0.4) is 0 Å². The first-order valence-corrected chi connectivity index (χ1v) is 9.56. The van der Waals surface area contributed by atoms with Gasteiger partial charge in [0, 0.05) is 41.4 Å². The number of ether oxygens (including phenoxy) is 1. The van der Waals surface area contributed by atoms with Crippen molar-refractivity contribution in [3.8, 4) is 11.1 Å². The minimum Gasteiger partial charge on any atom is -0.357 e. The molecule has 5 rings (SSSR count). The Balaban J connectivity index is 1.68. The fourth-order valence-electron chi connectivity index (χ4n) is 4.09. The normalized spacial score (nSPS) is 20.1. The molecule has 26 heavy (non-hydrogen) atoms. The number of hydrogen-bond donors (Lipinski definition) is 0. The minimum absolute atomic E-state index is 0.0147. The van der Waals surface area contributed by atoms with Crippen LogP contribution < -0.4 is 0 Å². The van der Waals surface area contributed by atoms with E-state index in [1.54, 1.807) is 0 Å². The van der Waals surface area contributed by atoms with E-state index >= 15 is 0 Å². The van der Waals surface area contributed by atoms with E-state index in [4.69, 9.17) is 27.9 Å². The van der Waals surface area contributed by atoms with Gasteiger partial charge in [0.15, 0.2) is 5.78 Å². The molecular weight excluding hydrogens is 373 g/mol. The van der Waals surface area contributed by atoms with Crippen LogP contribution in [-0.4, -0.2) is 26.7 Å². The molecule has 0 saturated carbocycles. The summed E-state index contributed by atoms with van der Waals surface area (Å²) in [6.07, 6.45) is 7.46. The third kappa shape index (κ3) is 2.42. The van der Waals surface area contributed by atoms with Gasteiger partial charge in [0.1, 0.15) is 6.23 Å². The van der Waals surface area contributed by atoms with Crippen molar-refractivity contribution < 1.29 is 9.53 Å². The second-order valence-electron chi connectivity index (χ2n) is 6.91. The van der Waals surface area contributed by atoms with Gasteiger partial charge in [-0.05, 0) is 25.3 Å². The standard InChI is InChI=1S/C19H17Cl2N3O2/c20-14-5-4-13-17(15-7-12(25)10-23(15)19(13)18(14)21)11-8-22-24(9-11)16-3-1-2-6-26-16/h4-5,8-9,16H,1-3,6-7,10H2. The monoisotopic (exact) mass is 389 g/mol. The maximum atomic E-state index is 12.1. The second-order valence-corrected chi connectivity index (χ2v) is 7.70. The van der Waals surface area contributed by atoms with E-state index in [2.05, 4.69) is 5.10 Å². The van der Waals surface area contributed by atoms with Crippen molar-refractivity contribution in [2.75, 3.05) is 6.61 Å². The summed E-state index contributed by atoms with van der Waals surface area (Å²) in [6, 6.07) is 3.78. The number of aromatic nitrogens is 3. The van der Waals surface area contributed by atoms with E-state index in [9.17, 15) is 4.79 Å². The topological polar surface area (TPSA) is 49.1 Å². The van der Waals surface area contributed by atoms with Gasteiger partial charge in [0.2, 0.25) is 0 Å². The Morgan fingerprint density at radius 3 is 2.92 bits per heavy atom. The lowest BCUT2D eigenvalue weighted by molar-refractivity contribution is -0.117. The summed E-state index contributed by atoms with van der Waals surface area (Å²) in [7, 11) is 0. The Labute approximate surface area is 160 Å². The van der Waals surface area contributed by atoms with Crippen LogP contribution in [0.4, 0.5) is 0 Å². The van der Waals surface area contributed by atoms with Crippen LogP contribution in [0.5, 0.6) is 0 Å². The van der Waals surface area contributed by atoms with Gasteiger partial charge < -0.3 is 9.30 Å². The average Bonchev–Trinajstić information content (AvgIpc) is 3.32. The molecule has 0 N–H and O–H groups in total. The van der Waals surface area contributed by atoms with Gasteiger partial charge in [0.05, 0.1) is 28.3 Å². The number of carbonyl (C=O) groups is 1. The van der Waals surface area contributed by atoms with E-state index in [1.165, 1.54) is 0 Å². The zero-order valence-corrected chi connectivity index (χ0v) is 15.6. The lowest BCUT2D eigenvalue weighted by Gasteiger charge is -2.22. The minimum atomic E-state index is -0.0147. The number of ketones is 1. The van der Waals surface area contributed by atoms with Gasteiger partial charge >= 0.3 is 0 Å². The van der Waals surface area contributed by atoms with Crippen molar-refractivity contribution in [3.05, 3.63) is 40.3 Å². The number of Topliss-reactive ketones (excluding diaryl/α,β-unsaturated/α-hetero) is 1. The summed E-state index contributed by atoms with van der Waals surface area (Å²) in [5.74, 6) is 0.183. The third-order valence-electron chi connectivity index (χ3n) is 5.26. The SMILES string of the molecule is O=C1Cc2c(-c3cnn(C4CCCCO4)c3)c3ccc(Cl)c(Cl)c3n2C1. The number of hydrogen-bond acceptors (Lipinski definition) is 3. The second kappa shape index (κ2) is 6.12. The van der Waals surface area contributed by atoms with Gasteiger partial charge in [-0.1, -0.05) is 29.3 Å². The Bertz CT molecular complexity index is 1030. The zero-order chi connectivity index (χ0) is 17.8. The molecule has 0 bridgehead atoms. The van der Waals surface area contributed by atoms with E-state index in [0.29, 0.717) is 23.0 Å². The highest BCUT2D eigenvalue weighted by Gasteiger charge is 2.29. The number of benzene rings is 1. The lowest BCUT2D eigenvalue weighted by Crippen LogP contribution is -2.18. The molecule has 2 aromatic heterocycles. The highest BCUT2D eigenvalue weighted by Crippen LogP contribution is 2.42. The van der Waals surface area contributed by atoms with Crippen LogP contribution in [0.25, 0.3) is 22.0 Å². The number of rotatable bonds is 2. The molecule has 1 aromatic carbocycles. The molecule has 0 spiro atoms. The molecule has 1 unspecified atom stereocenters. The zero-order valence-electron chi connectivity index (χ0n) is 14.0. The van der Waals surface area contributed by atoms with Crippen molar-refractivity contribution in [2.24, 2.45) is 0 Å². The molecule has 1 fully saturated rings. The average molecular weight is 390 g/mol. The molecule has 0 amide bonds. The predicted molar refractivity (Wildman–Crippen MR) is 101 cm³/mol. The molecule has 0 aliphatic carbocycles. The summed E-state index contributed by atoms with van der Waals surface area (Å²) >= 11 is 12.7. The summed E-state index contributed by atoms with van der Waals surface area (Å²) in [4.78, 5) is 12.1. The molecule has 2 aliphatic rings. The number of carbonyl (C=O) groups excluding carboxylic acids is 1. The molecular formula is C19H17Cl2N3O2. The van der Waals surface area contributed by atoms with Crippen molar-refractivity contribution in [2.45, 2.75) is 38.5 Å². The molecule has 3 aromatic rings. The molecule has 1 atom stereocenters. The van der Waals surface area contributed by atoms with Crippen LogP contribution in [0.2, 0.25) is 10.0 Å². The first kappa shape index (κ1) is 16.4. The van der Waals surface area contributed by atoms with Crippen LogP contribution in [0.1, 0.15) is 31.2 Å². The molecule has 7 heteroatoms. The predicted octanol–water partition coefficient (Wildman–Crippen LogP) is 4.64. The van der Waals surface area contributed by atoms with Crippen LogP contribution >= 0.6 is 23.2 Å². The molecule has 134 valence electrons. The van der Waals surface area contributed by atoms with Crippen LogP contribution in [-0.2, 0) is 22.5 Å². The number of nitrogens with zero attached hydrogens (tertiary/aromatic N) is 3. The third-order valence-corrected chi connectivity index (χ3v) is 6.06. The summed E-state index contributed by atoms with van der Waals surface area (Å²) in [6.45, 7) is 1.11. The number of fused-ring (bicyclic) bond motifs is 3. The fourth-order valence-corrected chi connectivity index (χ4v) is 4.51. The van der Waals surface area contributed by atoms with Gasteiger partial charge in [-0.15, -0.1) is 0 Å². The van der Waals surface area contributed by atoms with E-state index in [1.807, 2.05) is 33.8 Å². The van der Waals surface area contributed by atoms with Crippen molar-refractivity contribution in [1.29, 1.82) is 0 Å². The van der Waals surface area contributed by atoms with Crippen molar-refractivity contribution in [1.82, 2.24) is 14.3 Å².